The first-order valence-corrected chi connectivity index (χ1v) is 10.6. The molecule has 2 N–H and O–H groups in total. The lowest BCUT2D eigenvalue weighted by molar-refractivity contribution is 0.186. The summed E-state index contributed by atoms with van der Waals surface area (Å²) in [6, 6.07) is 13.9. The Morgan fingerprint density at radius 2 is 1.88 bits per heavy atom. The van der Waals surface area contributed by atoms with E-state index in [4.69, 9.17) is 11.6 Å². The highest BCUT2D eigenvalue weighted by atomic mass is 35.5. The van der Waals surface area contributed by atoms with E-state index < -0.39 is 16.1 Å². The van der Waals surface area contributed by atoms with Gasteiger partial charge in [-0.3, -0.25) is 0 Å². The highest BCUT2D eigenvalue weighted by Gasteiger charge is 2.20. The molecular weight excluding hydrogens is 386 g/mol. The zero-order chi connectivity index (χ0) is 17.2. The minimum atomic E-state index is -3.77. The van der Waals surface area contributed by atoms with Gasteiger partial charge in [-0.25, -0.2) is 13.1 Å². The summed E-state index contributed by atoms with van der Waals surface area (Å²) in [6.07, 6.45) is -0.916. The standard InChI is InChI=1S/C16H14ClNO3S3/c17-11-4-1-2-6-16(11)24(20,21)18-10-12(19)13-7-8-15(23-13)14-5-3-9-22-14/h1-9,12,18-19H,10H2/t12-/m0/s1. The summed E-state index contributed by atoms with van der Waals surface area (Å²) in [5.74, 6) is 0. The number of halogens is 1. The van der Waals surface area contributed by atoms with Gasteiger partial charge in [0.05, 0.1) is 5.02 Å². The van der Waals surface area contributed by atoms with E-state index in [1.807, 2.05) is 29.6 Å². The van der Waals surface area contributed by atoms with Gasteiger partial charge in [-0.1, -0.05) is 29.8 Å². The summed E-state index contributed by atoms with van der Waals surface area (Å²) in [4.78, 5) is 2.88. The Kier molecular flexibility index (Phi) is 5.39. The predicted molar refractivity (Wildman–Crippen MR) is 99.2 cm³/mol. The molecule has 0 spiro atoms. The molecule has 24 heavy (non-hydrogen) atoms. The average molecular weight is 400 g/mol. The molecule has 0 aliphatic heterocycles. The second-order valence-corrected chi connectivity index (χ2v) is 9.18. The van der Waals surface area contributed by atoms with Gasteiger partial charge in [-0.05, 0) is 35.7 Å². The summed E-state index contributed by atoms with van der Waals surface area (Å²) >= 11 is 8.99. The van der Waals surface area contributed by atoms with Crippen LogP contribution < -0.4 is 4.72 Å². The van der Waals surface area contributed by atoms with E-state index in [1.54, 1.807) is 23.5 Å². The largest absolute Gasteiger partial charge is 0.386 e. The van der Waals surface area contributed by atoms with Crippen LogP contribution in [0.1, 0.15) is 11.0 Å². The molecule has 126 valence electrons. The number of sulfonamides is 1. The molecule has 0 aliphatic rings. The Balaban J connectivity index is 1.69. The highest BCUT2D eigenvalue weighted by Crippen LogP contribution is 2.34. The third-order valence-corrected chi connectivity index (χ3v) is 7.49. The maximum Gasteiger partial charge on any atom is 0.242 e. The van der Waals surface area contributed by atoms with Crippen molar-refractivity contribution < 1.29 is 13.5 Å². The molecule has 2 heterocycles. The van der Waals surface area contributed by atoms with Gasteiger partial charge in [0.1, 0.15) is 11.0 Å². The fraction of sp³-hybridized carbons (Fsp3) is 0.125. The van der Waals surface area contributed by atoms with Crippen LogP contribution in [0.2, 0.25) is 5.02 Å². The summed E-state index contributed by atoms with van der Waals surface area (Å²) in [7, 11) is -3.77. The Morgan fingerprint density at radius 1 is 1.08 bits per heavy atom. The molecule has 0 saturated carbocycles. The number of benzene rings is 1. The first-order chi connectivity index (χ1) is 11.5. The Hall–Kier alpha value is -1.22. The van der Waals surface area contributed by atoms with Crippen molar-refractivity contribution in [3.63, 3.8) is 0 Å². The van der Waals surface area contributed by atoms with Crippen molar-refractivity contribution in [3.8, 4) is 9.75 Å². The third-order valence-electron chi connectivity index (χ3n) is 3.31. The van der Waals surface area contributed by atoms with E-state index in [9.17, 15) is 13.5 Å². The van der Waals surface area contributed by atoms with Crippen molar-refractivity contribution >= 4 is 44.3 Å². The van der Waals surface area contributed by atoms with Crippen LogP contribution in [0, 0.1) is 0 Å². The molecule has 8 heteroatoms. The number of aliphatic hydroxyl groups excluding tert-OH is 1. The Bertz CT molecular complexity index is 920. The van der Waals surface area contributed by atoms with Gasteiger partial charge >= 0.3 is 0 Å². The molecule has 0 saturated heterocycles. The molecule has 3 aromatic rings. The summed E-state index contributed by atoms with van der Waals surface area (Å²) < 4.78 is 27.0. The minimum Gasteiger partial charge on any atom is -0.386 e. The van der Waals surface area contributed by atoms with E-state index in [0.29, 0.717) is 4.88 Å². The van der Waals surface area contributed by atoms with E-state index in [1.165, 1.54) is 23.5 Å². The maximum absolute atomic E-state index is 12.3. The van der Waals surface area contributed by atoms with Crippen LogP contribution in [0.4, 0.5) is 0 Å². The number of rotatable bonds is 6. The molecule has 0 unspecified atom stereocenters. The second-order valence-electron chi connectivity index (χ2n) is 4.98. The van der Waals surface area contributed by atoms with E-state index >= 15 is 0 Å². The van der Waals surface area contributed by atoms with Crippen LogP contribution in [0.25, 0.3) is 9.75 Å². The van der Waals surface area contributed by atoms with Gasteiger partial charge in [0.2, 0.25) is 10.0 Å². The fourth-order valence-corrected chi connectivity index (χ4v) is 5.50. The number of nitrogens with one attached hydrogen (secondary N) is 1. The molecule has 0 aliphatic carbocycles. The topological polar surface area (TPSA) is 66.4 Å². The smallest absolute Gasteiger partial charge is 0.242 e. The number of hydrogen-bond donors (Lipinski definition) is 2. The van der Waals surface area contributed by atoms with E-state index in [0.717, 1.165) is 9.75 Å². The molecule has 0 amide bonds. The van der Waals surface area contributed by atoms with Crippen molar-refractivity contribution in [2.45, 2.75) is 11.0 Å². The van der Waals surface area contributed by atoms with Gasteiger partial charge in [0.25, 0.3) is 0 Å². The molecule has 0 fully saturated rings. The van der Waals surface area contributed by atoms with E-state index in [2.05, 4.69) is 4.72 Å². The molecule has 0 bridgehead atoms. The lowest BCUT2D eigenvalue weighted by Gasteiger charge is -2.11. The average Bonchev–Trinajstić information content (AvgIpc) is 3.23. The molecule has 4 nitrogen and oxygen atoms in total. The number of thiophene rings is 2. The van der Waals surface area contributed by atoms with Crippen molar-refractivity contribution in [3.05, 3.63) is 63.8 Å². The molecule has 1 aromatic carbocycles. The quantitative estimate of drug-likeness (QED) is 0.654. The van der Waals surface area contributed by atoms with Gasteiger partial charge < -0.3 is 5.11 Å². The van der Waals surface area contributed by atoms with Crippen molar-refractivity contribution in [1.82, 2.24) is 4.72 Å². The second kappa shape index (κ2) is 7.35. The SMILES string of the molecule is O=S(=O)(NC[C@H](O)c1ccc(-c2cccs2)s1)c1ccccc1Cl. The lowest BCUT2D eigenvalue weighted by atomic mass is 10.3. The fourth-order valence-electron chi connectivity index (χ4n) is 2.11. The lowest BCUT2D eigenvalue weighted by Crippen LogP contribution is -2.28. The maximum atomic E-state index is 12.3. The zero-order valence-corrected chi connectivity index (χ0v) is 15.6. The van der Waals surface area contributed by atoms with Crippen LogP contribution in [0.5, 0.6) is 0 Å². The third kappa shape index (κ3) is 3.88. The predicted octanol–water partition coefficient (Wildman–Crippen LogP) is 4.14. The molecular formula is C16H14ClNO3S3. The van der Waals surface area contributed by atoms with Gasteiger partial charge in [-0.15, -0.1) is 22.7 Å². The molecule has 2 aromatic heterocycles. The van der Waals surface area contributed by atoms with Crippen LogP contribution in [-0.4, -0.2) is 20.1 Å². The molecule has 3 rings (SSSR count). The molecule has 0 radical (unpaired) electrons. The van der Waals surface area contributed by atoms with Crippen molar-refractivity contribution in [2.75, 3.05) is 6.54 Å². The van der Waals surface area contributed by atoms with Gasteiger partial charge in [0.15, 0.2) is 0 Å². The van der Waals surface area contributed by atoms with Crippen LogP contribution >= 0.6 is 34.3 Å². The summed E-state index contributed by atoms with van der Waals surface area (Å²) in [5, 5.41) is 12.4. The zero-order valence-electron chi connectivity index (χ0n) is 12.3. The van der Waals surface area contributed by atoms with Crippen LogP contribution in [0.15, 0.2) is 58.8 Å². The van der Waals surface area contributed by atoms with E-state index in [-0.39, 0.29) is 16.5 Å². The van der Waals surface area contributed by atoms with Crippen molar-refractivity contribution in [1.29, 1.82) is 0 Å². The van der Waals surface area contributed by atoms with Gasteiger partial charge in [-0.2, -0.15) is 0 Å². The van der Waals surface area contributed by atoms with Crippen LogP contribution in [0.3, 0.4) is 0 Å². The first kappa shape index (κ1) is 17.6. The summed E-state index contributed by atoms with van der Waals surface area (Å²) in [5.41, 5.74) is 0. The Labute approximate surface area is 153 Å². The monoisotopic (exact) mass is 399 g/mol. The Morgan fingerprint density at radius 3 is 2.58 bits per heavy atom. The highest BCUT2D eigenvalue weighted by molar-refractivity contribution is 7.89. The number of aliphatic hydroxyl groups is 1. The summed E-state index contributed by atoms with van der Waals surface area (Å²) in [6.45, 7) is -0.113. The normalized spacial score (nSPS) is 13.1. The molecule has 1 atom stereocenters. The number of hydrogen-bond acceptors (Lipinski definition) is 5. The van der Waals surface area contributed by atoms with Crippen LogP contribution in [-0.2, 0) is 10.0 Å². The van der Waals surface area contributed by atoms with Crippen molar-refractivity contribution in [2.24, 2.45) is 0 Å². The first-order valence-electron chi connectivity index (χ1n) is 7.03. The minimum absolute atomic E-state index is 0.00400. The van der Waals surface area contributed by atoms with Gasteiger partial charge in [0, 0.05) is 21.2 Å².